The van der Waals surface area contributed by atoms with E-state index in [-0.39, 0.29) is 11.1 Å². The topological polar surface area (TPSA) is 29.5 Å². The minimum absolute atomic E-state index is 0.0919. The zero-order valence-corrected chi connectivity index (χ0v) is 11.6. The summed E-state index contributed by atoms with van der Waals surface area (Å²) in [6.45, 7) is 2.91. The maximum atomic E-state index is 14.0. The highest BCUT2D eigenvalue weighted by molar-refractivity contribution is 5.40. The molecule has 0 aromatic heterocycles. The first-order valence-corrected chi connectivity index (χ1v) is 6.20. The minimum Gasteiger partial charge on any atom is -0.497 e. The van der Waals surface area contributed by atoms with Crippen LogP contribution in [-0.2, 0) is 5.60 Å². The molecule has 2 nitrogen and oxygen atoms in total. The van der Waals surface area contributed by atoms with Crippen molar-refractivity contribution < 1.29 is 18.6 Å². The average molecular weight is 278 g/mol. The zero-order chi connectivity index (χ0) is 14.9. The van der Waals surface area contributed by atoms with E-state index in [0.29, 0.717) is 11.3 Å². The van der Waals surface area contributed by atoms with Gasteiger partial charge in [-0.3, -0.25) is 0 Å². The molecule has 0 aliphatic rings. The highest BCUT2D eigenvalue weighted by Crippen LogP contribution is 2.33. The maximum absolute atomic E-state index is 14.0. The van der Waals surface area contributed by atoms with Gasteiger partial charge in [-0.1, -0.05) is 24.3 Å². The minimum atomic E-state index is -1.62. The lowest BCUT2D eigenvalue weighted by Gasteiger charge is -2.25. The Bertz CT molecular complexity index is 619. The van der Waals surface area contributed by atoms with Gasteiger partial charge in [0.1, 0.15) is 11.4 Å². The molecular formula is C16H16F2O2. The summed E-state index contributed by atoms with van der Waals surface area (Å²) in [5.74, 6) is -1.33. The normalized spacial score (nSPS) is 13.9. The van der Waals surface area contributed by atoms with E-state index in [1.807, 2.05) is 0 Å². The third kappa shape index (κ3) is 2.39. The molecule has 0 aliphatic carbocycles. The highest BCUT2D eigenvalue weighted by atomic mass is 19.2. The van der Waals surface area contributed by atoms with E-state index in [2.05, 4.69) is 0 Å². The Hall–Kier alpha value is -1.94. The summed E-state index contributed by atoms with van der Waals surface area (Å²) in [6.07, 6.45) is 0. The average Bonchev–Trinajstić information content (AvgIpc) is 2.44. The lowest BCUT2D eigenvalue weighted by atomic mass is 9.87. The molecule has 2 aromatic carbocycles. The molecule has 0 aliphatic heterocycles. The molecule has 4 heteroatoms. The number of aryl methyl sites for hydroxylation is 1. The van der Waals surface area contributed by atoms with Gasteiger partial charge < -0.3 is 9.84 Å². The summed E-state index contributed by atoms with van der Waals surface area (Å²) in [6, 6.07) is 9.41. The Morgan fingerprint density at radius 3 is 2.15 bits per heavy atom. The molecule has 0 spiro atoms. The number of aliphatic hydroxyl groups is 1. The predicted octanol–water partition coefficient (Wildman–Crippen LogP) is 3.54. The first-order chi connectivity index (χ1) is 9.37. The van der Waals surface area contributed by atoms with E-state index < -0.39 is 17.2 Å². The largest absolute Gasteiger partial charge is 0.497 e. The van der Waals surface area contributed by atoms with Crippen molar-refractivity contribution in [3.63, 3.8) is 0 Å². The van der Waals surface area contributed by atoms with E-state index >= 15 is 0 Å². The van der Waals surface area contributed by atoms with Crippen molar-refractivity contribution in [2.24, 2.45) is 0 Å². The van der Waals surface area contributed by atoms with Crippen LogP contribution in [0.2, 0.25) is 0 Å². The number of rotatable bonds is 3. The molecule has 20 heavy (non-hydrogen) atoms. The fraction of sp³-hybridized carbons (Fsp3) is 0.250. The molecule has 0 saturated carbocycles. The number of hydrogen-bond donors (Lipinski definition) is 1. The van der Waals surface area contributed by atoms with Crippen molar-refractivity contribution in [1.82, 2.24) is 0 Å². The molecule has 0 radical (unpaired) electrons. The Morgan fingerprint density at radius 2 is 1.60 bits per heavy atom. The number of ether oxygens (including phenoxy) is 1. The number of halogens is 2. The molecule has 106 valence electrons. The van der Waals surface area contributed by atoms with Gasteiger partial charge in [-0.15, -0.1) is 0 Å². The Balaban J connectivity index is 2.51. The Morgan fingerprint density at radius 1 is 1.00 bits per heavy atom. The van der Waals surface area contributed by atoms with Crippen LogP contribution in [0.3, 0.4) is 0 Å². The molecule has 0 bridgehead atoms. The van der Waals surface area contributed by atoms with Crippen LogP contribution < -0.4 is 4.74 Å². The van der Waals surface area contributed by atoms with Gasteiger partial charge in [0.2, 0.25) is 0 Å². The van der Waals surface area contributed by atoms with Crippen LogP contribution in [0.5, 0.6) is 5.75 Å². The second-order valence-corrected chi connectivity index (χ2v) is 4.86. The maximum Gasteiger partial charge on any atom is 0.165 e. The molecule has 0 heterocycles. The first-order valence-electron chi connectivity index (χ1n) is 6.20. The van der Waals surface area contributed by atoms with Gasteiger partial charge in [0.25, 0.3) is 0 Å². The zero-order valence-electron chi connectivity index (χ0n) is 11.6. The van der Waals surface area contributed by atoms with Crippen LogP contribution >= 0.6 is 0 Å². The summed E-state index contributed by atoms with van der Waals surface area (Å²) >= 11 is 0. The lowest BCUT2D eigenvalue weighted by Crippen LogP contribution is -2.25. The standard InChI is InChI=1S/C16H16F2O2/c1-10-4-9-13(15(18)14(10)17)16(2,19)11-5-7-12(20-3)8-6-11/h4-9,19H,1-3H3. The second kappa shape index (κ2) is 5.21. The van der Waals surface area contributed by atoms with Crippen LogP contribution in [-0.4, -0.2) is 12.2 Å². The Labute approximate surface area is 116 Å². The molecule has 0 amide bonds. The fourth-order valence-corrected chi connectivity index (χ4v) is 2.09. The van der Waals surface area contributed by atoms with Crippen molar-refractivity contribution >= 4 is 0 Å². The van der Waals surface area contributed by atoms with Gasteiger partial charge in [0.15, 0.2) is 11.6 Å². The Kier molecular flexibility index (Phi) is 3.77. The summed E-state index contributed by atoms with van der Waals surface area (Å²) in [5.41, 5.74) is -1.05. The van der Waals surface area contributed by atoms with Gasteiger partial charge in [0, 0.05) is 5.56 Å². The van der Waals surface area contributed by atoms with E-state index in [4.69, 9.17) is 4.74 Å². The summed E-state index contributed by atoms with van der Waals surface area (Å²) in [4.78, 5) is 0. The predicted molar refractivity (Wildman–Crippen MR) is 72.8 cm³/mol. The van der Waals surface area contributed by atoms with Gasteiger partial charge in [-0.05, 0) is 37.1 Å². The molecule has 1 atom stereocenters. The van der Waals surface area contributed by atoms with Crippen LogP contribution in [0.15, 0.2) is 36.4 Å². The molecule has 0 saturated heterocycles. The monoisotopic (exact) mass is 278 g/mol. The molecule has 2 aromatic rings. The van der Waals surface area contributed by atoms with Crippen LogP contribution in [0, 0.1) is 18.6 Å². The van der Waals surface area contributed by atoms with Gasteiger partial charge in [-0.25, -0.2) is 8.78 Å². The quantitative estimate of drug-likeness (QED) is 0.930. The second-order valence-electron chi connectivity index (χ2n) is 4.86. The summed E-state index contributed by atoms with van der Waals surface area (Å²) in [5, 5.41) is 10.6. The van der Waals surface area contributed by atoms with Crippen LogP contribution in [0.1, 0.15) is 23.6 Å². The summed E-state index contributed by atoms with van der Waals surface area (Å²) < 4.78 is 32.7. The van der Waals surface area contributed by atoms with E-state index in [0.717, 1.165) is 0 Å². The van der Waals surface area contributed by atoms with Gasteiger partial charge in [0.05, 0.1) is 7.11 Å². The first kappa shape index (κ1) is 14.5. The molecule has 2 rings (SSSR count). The van der Waals surface area contributed by atoms with Gasteiger partial charge >= 0.3 is 0 Å². The van der Waals surface area contributed by atoms with Crippen molar-refractivity contribution in [3.05, 3.63) is 64.7 Å². The van der Waals surface area contributed by atoms with E-state index in [1.165, 1.54) is 33.1 Å². The van der Waals surface area contributed by atoms with Crippen molar-refractivity contribution in [1.29, 1.82) is 0 Å². The smallest absolute Gasteiger partial charge is 0.165 e. The molecular weight excluding hydrogens is 262 g/mol. The van der Waals surface area contributed by atoms with Crippen LogP contribution in [0.25, 0.3) is 0 Å². The van der Waals surface area contributed by atoms with E-state index in [1.54, 1.807) is 24.3 Å². The number of benzene rings is 2. The van der Waals surface area contributed by atoms with Crippen LogP contribution in [0.4, 0.5) is 8.78 Å². The number of hydrogen-bond acceptors (Lipinski definition) is 2. The highest BCUT2D eigenvalue weighted by Gasteiger charge is 2.30. The summed E-state index contributed by atoms with van der Waals surface area (Å²) in [7, 11) is 1.53. The van der Waals surface area contributed by atoms with E-state index in [9.17, 15) is 13.9 Å². The molecule has 1 N–H and O–H groups in total. The number of methoxy groups -OCH3 is 1. The lowest BCUT2D eigenvalue weighted by molar-refractivity contribution is 0.0969. The fourth-order valence-electron chi connectivity index (χ4n) is 2.09. The molecule has 0 fully saturated rings. The van der Waals surface area contributed by atoms with Crippen molar-refractivity contribution in [2.45, 2.75) is 19.4 Å². The SMILES string of the molecule is COc1ccc(C(C)(O)c2ccc(C)c(F)c2F)cc1. The van der Waals surface area contributed by atoms with Crippen molar-refractivity contribution in [3.8, 4) is 5.75 Å². The van der Waals surface area contributed by atoms with Crippen molar-refractivity contribution in [2.75, 3.05) is 7.11 Å². The molecule has 1 unspecified atom stereocenters. The third-order valence-corrected chi connectivity index (χ3v) is 3.45. The third-order valence-electron chi connectivity index (χ3n) is 3.45. The van der Waals surface area contributed by atoms with Gasteiger partial charge in [-0.2, -0.15) is 0 Å².